The van der Waals surface area contributed by atoms with E-state index >= 15 is 0 Å². The van der Waals surface area contributed by atoms with E-state index in [0.717, 1.165) is 4.90 Å². The third kappa shape index (κ3) is 6.63. The topological polar surface area (TPSA) is 103 Å². The number of halogens is 4. The number of nitrogens with zero attached hydrogens (tertiary/aromatic N) is 5. The van der Waals surface area contributed by atoms with Crippen molar-refractivity contribution in [1.29, 1.82) is 0 Å². The molecule has 0 unspecified atom stereocenters. The Balaban J connectivity index is 1.35. The molecule has 3 aromatic rings. The van der Waals surface area contributed by atoms with Crippen molar-refractivity contribution >= 4 is 40.6 Å². The van der Waals surface area contributed by atoms with Crippen LogP contribution in [0.2, 0.25) is 0 Å². The lowest BCUT2D eigenvalue weighted by Gasteiger charge is -2.32. The van der Waals surface area contributed by atoms with Crippen molar-refractivity contribution < 1.29 is 31.9 Å². The Hall–Kier alpha value is -4.46. The van der Waals surface area contributed by atoms with E-state index in [1.807, 2.05) is 0 Å². The highest BCUT2D eigenvalue weighted by Gasteiger charge is 2.47. The van der Waals surface area contributed by atoms with Crippen molar-refractivity contribution in [3.63, 3.8) is 0 Å². The fourth-order valence-electron chi connectivity index (χ4n) is 5.16. The summed E-state index contributed by atoms with van der Waals surface area (Å²) < 4.78 is 60.6. The van der Waals surface area contributed by atoms with Crippen LogP contribution in [0.5, 0.6) is 5.75 Å². The van der Waals surface area contributed by atoms with E-state index in [-0.39, 0.29) is 35.9 Å². The third-order valence-electron chi connectivity index (χ3n) is 7.44. The summed E-state index contributed by atoms with van der Waals surface area (Å²) in [7, 11) is 2.68. The van der Waals surface area contributed by atoms with Gasteiger partial charge in [0.25, 0.3) is 18.2 Å². The Kier molecular flexibility index (Phi) is 8.67. The number of amides is 2. The molecule has 0 atom stereocenters. The number of benzene rings is 2. The molecule has 2 aliphatic rings. The number of carbonyl (C=O) groups is 2. The SMILES string of the molecule is COc1cc(C(=O)NC2CCN(CC(F)F)CC2)ccc1Nc1ncc2c(n1)N(c1ccccc1)CC(F)(F)C(=O)N2C. The minimum Gasteiger partial charge on any atom is -0.495 e. The van der Waals surface area contributed by atoms with Gasteiger partial charge >= 0.3 is 5.92 Å². The number of carbonyl (C=O) groups excluding carboxylic acids is 2. The molecule has 5 rings (SSSR count). The lowest BCUT2D eigenvalue weighted by atomic mass is 10.0. The van der Waals surface area contributed by atoms with E-state index in [2.05, 4.69) is 20.6 Å². The van der Waals surface area contributed by atoms with Gasteiger partial charge in [0.05, 0.1) is 32.1 Å². The van der Waals surface area contributed by atoms with Gasteiger partial charge < -0.3 is 25.2 Å². The second-order valence-corrected chi connectivity index (χ2v) is 10.4. The van der Waals surface area contributed by atoms with Crippen LogP contribution in [0.1, 0.15) is 23.2 Å². The van der Waals surface area contributed by atoms with Crippen LogP contribution in [0.4, 0.5) is 46.4 Å². The Morgan fingerprint density at radius 1 is 1.14 bits per heavy atom. The predicted octanol–water partition coefficient (Wildman–Crippen LogP) is 4.44. The molecule has 1 saturated heterocycles. The number of alkyl halides is 4. The summed E-state index contributed by atoms with van der Waals surface area (Å²) in [5.41, 5.74) is 1.27. The van der Waals surface area contributed by atoms with Gasteiger partial charge in [-0.2, -0.15) is 13.8 Å². The minimum atomic E-state index is -3.68. The van der Waals surface area contributed by atoms with Gasteiger partial charge in [0.15, 0.2) is 5.82 Å². The first-order valence-electron chi connectivity index (χ1n) is 13.7. The van der Waals surface area contributed by atoms with E-state index < -0.39 is 24.8 Å². The molecule has 228 valence electrons. The maximum atomic E-state index is 14.9. The van der Waals surface area contributed by atoms with Crippen molar-refractivity contribution in [2.75, 3.05) is 55.5 Å². The maximum absolute atomic E-state index is 14.9. The van der Waals surface area contributed by atoms with Crippen LogP contribution in [-0.4, -0.2) is 85.4 Å². The normalized spacial score (nSPS) is 17.4. The molecule has 0 saturated carbocycles. The van der Waals surface area contributed by atoms with Crippen molar-refractivity contribution in [3.8, 4) is 5.75 Å². The number of hydrogen-bond acceptors (Lipinski definition) is 8. The first kappa shape index (κ1) is 30.0. The highest BCUT2D eigenvalue weighted by atomic mass is 19.3. The van der Waals surface area contributed by atoms with Crippen LogP contribution in [0.25, 0.3) is 0 Å². The predicted molar refractivity (Wildman–Crippen MR) is 153 cm³/mol. The number of methoxy groups -OCH3 is 1. The molecule has 2 aromatic carbocycles. The fourth-order valence-corrected chi connectivity index (χ4v) is 5.16. The largest absolute Gasteiger partial charge is 0.495 e. The summed E-state index contributed by atoms with van der Waals surface area (Å²) >= 11 is 0. The van der Waals surface area contributed by atoms with Crippen molar-refractivity contribution in [2.45, 2.75) is 31.2 Å². The highest BCUT2D eigenvalue weighted by Crippen LogP contribution is 2.40. The minimum absolute atomic E-state index is 0.0526. The Labute approximate surface area is 245 Å². The number of rotatable bonds is 8. The van der Waals surface area contributed by atoms with E-state index in [4.69, 9.17) is 4.74 Å². The molecule has 2 N–H and O–H groups in total. The first-order valence-corrected chi connectivity index (χ1v) is 13.7. The van der Waals surface area contributed by atoms with Crippen LogP contribution < -0.4 is 25.2 Å². The molecular formula is C29H31F4N7O3. The summed E-state index contributed by atoms with van der Waals surface area (Å²) in [5.74, 6) is -4.92. The Bertz CT molecular complexity index is 1470. The molecule has 14 heteroatoms. The number of anilines is 5. The summed E-state index contributed by atoms with van der Waals surface area (Å²) in [5, 5.41) is 5.97. The lowest BCUT2D eigenvalue weighted by Crippen LogP contribution is -2.45. The standard InChI is InChI=1S/C29H31F4N7O3/c1-38-22-15-34-28(37-25(22)40(17-29(32,33)27(38)42)20-6-4-3-5-7-20)36-21-9-8-18(14-23(21)43-2)26(41)35-19-10-12-39(13-11-19)16-24(30)31/h3-9,14-15,19,24H,10-13,16-17H2,1-2H3,(H,35,41)(H,34,36,37). The maximum Gasteiger partial charge on any atom is 0.342 e. The van der Waals surface area contributed by atoms with Gasteiger partial charge in [0.1, 0.15) is 11.4 Å². The van der Waals surface area contributed by atoms with Gasteiger partial charge in [0, 0.05) is 37.4 Å². The zero-order chi connectivity index (χ0) is 30.7. The molecule has 0 aliphatic carbocycles. The van der Waals surface area contributed by atoms with E-state index in [1.165, 1.54) is 31.3 Å². The molecule has 0 bridgehead atoms. The molecule has 0 radical (unpaired) electrons. The van der Waals surface area contributed by atoms with Gasteiger partial charge in [-0.15, -0.1) is 0 Å². The molecule has 2 amide bonds. The van der Waals surface area contributed by atoms with Gasteiger partial charge in [-0.3, -0.25) is 14.5 Å². The van der Waals surface area contributed by atoms with Crippen LogP contribution in [0.15, 0.2) is 54.7 Å². The summed E-state index contributed by atoms with van der Waals surface area (Å²) in [6.45, 7) is -0.231. The number of nitrogens with one attached hydrogen (secondary N) is 2. The van der Waals surface area contributed by atoms with Gasteiger partial charge in [-0.05, 0) is 43.2 Å². The van der Waals surface area contributed by atoms with Gasteiger partial charge in [-0.1, -0.05) is 18.2 Å². The smallest absolute Gasteiger partial charge is 0.342 e. The number of likely N-dealkylation sites (tertiary alicyclic amines) is 1. The Morgan fingerprint density at radius 3 is 2.53 bits per heavy atom. The summed E-state index contributed by atoms with van der Waals surface area (Å²) in [6.07, 6.45) is 0.0378. The quantitative estimate of drug-likeness (QED) is 0.366. The average molecular weight is 602 g/mol. The lowest BCUT2D eigenvalue weighted by molar-refractivity contribution is -0.140. The number of ether oxygens (including phenoxy) is 1. The van der Waals surface area contributed by atoms with Crippen LogP contribution in [0, 0.1) is 0 Å². The van der Waals surface area contributed by atoms with Gasteiger partial charge in [-0.25, -0.2) is 13.8 Å². The van der Waals surface area contributed by atoms with Crippen LogP contribution in [-0.2, 0) is 4.79 Å². The molecule has 2 aliphatic heterocycles. The van der Waals surface area contributed by atoms with E-state index in [0.29, 0.717) is 48.6 Å². The molecule has 43 heavy (non-hydrogen) atoms. The average Bonchev–Trinajstić information content (AvgIpc) is 3.07. The molecule has 3 heterocycles. The van der Waals surface area contributed by atoms with E-state index in [1.54, 1.807) is 47.4 Å². The number of para-hydroxylation sites is 1. The highest BCUT2D eigenvalue weighted by molar-refractivity contribution is 6.02. The number of fused-ring (bicyclic) bond motifs is 1. The summed E-state index contributed by atoms with van der Waals surface area (Å²) in [4.78, 5) is 38.0. The number of hydrogen-bond donors (Lipinski definition) is 2. The second-order valence-electron chi connectivity index (χ2n) is 10.4. The molecule has 0 spiro atoms. The van der Waals surface area contributed by atoms with Gasteiger partial charge in [0.2, 0.25) is 5.95 Å². The molecule has 1 fully saturated rings. The fraction of sp³-hybridized carbons (Fsp3) is 0.379. The monoisotopic (exact) mass is 601 g/mol. The third-order valence-corrected chi connectivity index (χ3v) is 7.44. The van der Waals surface area contributed by atoms with Crippen molar-refractivity contribution in [1.82, 2.24) is 20.2 Å². The Morgan fingerprint density at radius 2 is 1.86 bits per heavy atom. The van der Waals surface area contributed by atoms with Crippen molar-refractivity contribution in [3.05, 3.63) is 60.3 Å². The van der Waals surface area contributed by atoms with Crippen molar-refractivity contribution in [2.24, 2.45) is 0 Å². The second kappa shape index (κ2) is 12.4. The van der Waals surface area contributed by atoms with E-state index in [9.17, 15) is 27.2 Å². The molecular weight excluding hydrogens is 570 g/mol. The zero-order valence-corrected chi connectivity index (χ0v) is 23.6. The number of aromatic nitrogens is 2. The number of piperidine rings is 1. The zero-order valence-electron chi connectivity index (χ0n) is 23.6. The first-order chi connectivity index (χ1) is 20.6. The molecule has 10 nitrogen and oxygen atoms in total. The van der Waals surface area contributed by atoms with Crippen LogP contribution in [0.3, 0.4) is 0 Å². The molecule has 1 aromatic heterocycles. The van der Waals surface area contributed by atoms with Crippen LogP contribution >= 0.6 is 0 Å². The summed E-state index contributed by atoms with van der Waals surface area (Å²) in [6, 6.07) is 13.0.